The van der Waals surface area contributed by atoms with Crippen LogP contribution in [0.5, 0.6) is 0 Å². The lowest BCUT2D eigenvalue weighted by Crippen LogP contribution is -2.73. The second kappa shape index (κ2) is 7.12. The molecule has 0 radical (unpaired) electrons. The minimum Gasteiger partial charge on any atom is -0.265 e. The van der Waals surface area contributed by atoms with Gasteiger partial charge in [-0.25, -0.2) is 0 Å². The Morgan fingerprint density at radius 2 is 1.06 bits per heavy atom. The lowest BCUT2D eigenvalue weighted by molar-refractivity contribution is -0.449. The number of hydrogen-bond donors (Lipinski definition) is 0. The molecule has 0 saturated heterocycles. The Kier molecular flexibility index (Phi) is 5.71. The maximum absolute atomic E-state index is 14.0. The summed E-state index contributed by atoms with van der Waals surface area (Å²) in [6.45, 7) is 0. The highest BCUT2D eigenvalue weighted by atomic mass is 19.4. The number of halogens is 15. The van der Waals surface area contributed by atoms with Crippen LogP contribution in [0.4, 0.5) is 65.9 Å². The van der Waals surface area contributed by atoms with Gasteiger partial charge in [-0.2, -0.15) is 70.5 Å². The van der Waals surface area contributed by atoms with Crippen LogP contribution in [-0.2, 0) is 0 Å². The lowest BCUT2D eigenvalue weighted by atomic mass is 9.91. The summed E-state index contributed by atoms with van der Waals surface area (Å²) in [7, 11) is 0. The van der Waals surface area contributed by atoms with Gasteiger partial charge in [-0.15, -0.1) is 5.10 Å². The van der Waals surface area contributed by atoms with E-state index in [1.807, 2.05) is 0 Å². The second-order valence-electron chi connectivity index (χ2n) is 6.24. The standard InChI is InChI=1S/C14H4F15N3O/c15-8(16,7(33)32-6-4-2-1-3-5(6)30-31-32)9(17,18)10(19,20)11(21,22)12(23,24)13(25,26)14(27,28)29/h1-4H. The van der Waals surface area contributed by atoms with Gasteiger partial charge in [0.25, 0.3) is 0 Å². The van der Waals surface area contributed by atoms with Gasteiger partial charge in [0.15, 0.2) is 0 Å². The predicted molar refractivity (Wildman–Crippen MR) is 73.9 cm³/mol. The summed E-state index contributed by atoms with van der Waals surface area (Å²) >= 11 is 0. The van der Waals surface area contributed by atoms with Crippen molar-refractivity contribution in [3.8, 4) is 0 Å². The summed E-state index contributed by atoms with van der Waals surface area (Å²) in [6.07, 6.45) is -7.71. The van der Waals surface area contributed by atoms with E-state index in [9.17, 15) is 70.7 Å². The Labute approximate surface area is 169 Å². The number of alkyl halides is 15. The third-order valence-electron chi connectivity index (χ3n) is 4.14. The number of carbonyl (C=O) groups excluding carboxylic acids is 1. The molecule has 2 rings (SSSR count). The summed E-state index contributed by atoms with van der Waals surface area (Å²) in [5.41, 5.74) is -1.42. The molecule has 2 aromatic rings. The van der Waals surface area contributed by atoms with Crippen molar-refractivity contribution in [3.05, 3.63) is 24.3 Å². The highest BCUT2D eigenvalue weighted by Gasteiger charge is 2.94. The molecular formula is C14H4F15N3O. The maximum atomic E-state index is 14.0. The van der Waals surface area contributed by atoms with Crippen LogP contribution in [0.3, 0.4) is 0 Å². The highest BCUT2D eigenvalue weighted by molar-refractivity contribution is 5.93. The number of carbonyl (C=O) groups is 1. The van der Waals surface area contributed by atoms with Crippen molar-refractivity contribution < 1.29 is 70.7 Å². The SMILES string of the molecule is O=C(n1nnc2ccccc21)C(F)(F)C(F)(F)C(F)(F)C(F)(F)C(F)(F)C(F)(F)C(F)(F)F. The fraction of sp³-hybridized carbons (Fsp3) is 0.500. The van der Waals surface area contributed by atoms with Crippen molar-refractivity contribution in [1.82, 2.24) is 15.0 Å². The molecule has 19 heteroatoms. The summed E-state index contributed by atoms with van der Waals surface area (Å²) < 4.78 is 197. The molecule has 0 bridgehead atoms. The van der Waals surface area contributed by atoms with E-state index < -0.39 is 63.3 Å². The summed E-state index contributed by atoms with van der Waals surface area (Å²) in [5.74, 6) is -51.9. The van der Waals surface area contributed by atoms with E-state index in [1.165, 1.54) is 0 Å². The minimum atomic E-state index is -8.48. The fourth-order valence-corrected chi connectivity index (χ4v) is 2.25. The van der Waals surface area contributed by atoms with E-state index in [0.717, 1.165) is 18.2 Å². The molecule has 0 aliphatic heterocycles. The first-order valence-corrected chi connectivity index (χ1v) is 7.69. The van der Waals surface area contributed by atoms with Gasteiger partial charge >= 0.3 is 47.6 Å². The quantitative estimate of drug-likeness (QED) is 0.482. The maximum Gasteiger partial charge on any atom is 0.460 e. The van der Waals surface area contributed by atoms with Gasteiger partial charge < -0.3 is 0 Å². The topological polar surface area (TPSA) is 47.8 Å². The average molecular weight is 515 g/mol. The van der Waals surface area contributed by atoms with Crippen molar-refractivity contribution >= 4 is 16.9 Å². The molecule has 0 aliphatic carbocycles. The van der Waals surface area contributed by atoms with Crippen LogP contribution >= 0.6 is 0 Å². The molecule has 0 unspecified atom stereocenters. The van der Waals surface area contributed by atoms with Gasteiger partial charge in [0.1, 0.15) is 5.52 Å². The Bertz CT molecular complexity index is 1060. The van der Waals surface area contributed by atoms with Crippen molar-refractivity contribution in [3.63, 3.8) is 0 Å². The van der Waals surface area contributed by atoms with E-state index >= 15 is 0 Å². The Hall–Kier alpha value is -2.76. The van der Waals surface area contributed by atoms with Crippen LogP contribution in [-0.4, -0.2) is 62.6 Å². The van der Waals surface area contributed by atoms with Crippen LogP contribution < -0.4 is 0 Å². The van der Waals surface area contributed by atoms with Gasteiger partial charge in [0.2, 0.25) is 0 Å². The molecule has 186 valence electrons. The Morgan fingerprint density at radius 3 is 1.55 bits per heavy atom. The predicted octanol–water partition coefficient (Wildman–Crippen LogP) is 5.45. The molecule has 0 aliphatic rings. The zero-order valence-corrected chi connectivity index (χ0v) is 14.7. The highest BCUT2D eigenvalue weighted by Crippen LogP contribution is 2.62. The van der Waals surface area contributed by atoms with Crippen LogP contribution in [0.15, 0.2) is 24.3 Å². The lowest BCUT2D eigenvalue weighted by Gasteiger charge is -2.40. The number of fused-ring (bicyclic) bond motifs is 1. The molecule has 4 nitrogen and oxygen atoms in total. The molecule has 0 amide bonds. The first kappa shape index (κ1) is 26.5. The van der Waals surface area contributed by atoms with E-state index in [0.29, 0.717) is 6.07 Å². The normalized spacial score (nSPS) is 15.2. The number of rotatable bonds is 6. The first-order valence-electron chi connectivity index (χ1n) is 7.69. The molecule has 1 aromatic carbocycles. The third-order valence-corrected chi connectivity index (χ3v) is 4.14. The zero-order valence-electron chi connectivity index (χ0n) is 14.7. The Balaban J connectivity index is 2.63. The largest absolute Gasteiger partial charge is 0.460 e. The van der Waals surface area contributed by atoms with Crippen molar-refractivity contribution in [2.75, 3.05) is 0 Å². The van der Waals surface area contributed by atoms with Crippen LogP contribution in [0, 0.1) is 0 Å². The minimum absolute atomic E-state index is 0.515. The number of nitrogens with zero attached hydrogens (tertiary/aromatic N) is 3. The van der Waals surface area contributed by atoms with E-state index in [-0.39, 0.29) is 0 Å². The number of aromatic nitrogens is 3. The molecule has 33 heavy (non-hydrogen) atoms. The number of para-hydroxylation sites is 1. The van der Waals surface area contributed by atoms with E-state index in [2.05, 4.69) is 10.3 Å². The molecular weight excluding hydrogens is 511 g/mol. The number of hydrogen-bond acceptors (Lipinski definition) is 3. The first-order chi connectivity index (χ1) is 14.5. The summed E-state index contributed by atoms with van der Waals surface area (Å²) in [4.78, 5) is 11.7. The summed E-state index contributed by atoms with van der Waals surface area (Å²) in [5, 5.41) is 5.57. The fourth-order valence-electron chi connectivity index (χ4n) is 2.25. The van der Waals surface area contributed by atoms with E-state index in [4.69, 9.17) is 0 Å². The Morgan fingerprint density at radius 1 is 0.636 bits per heavy atom. The smallest absolute Gasteiger partial charge is 0.265 e. The molecule has 0 N–H and O–H groups in total. The summed E-state index contributed by atoms with van der Waals surface area (Å²) in [6, 6.07) is 3.63. The van der Waals surface area contributed by atoms with Gasteiger partial charge in [0, 0.05) is 0 Å². The van der Waals surface area contributed by atoms with Crippen LogP contribution in [0.1, 0.15) is 4.79 Å². The molecule has 0 saturated carbocycles. The monoisotopic (exact) mass is 515 g/mol. The van der Waals surface area contributed by atoms with Gasteiger partial charge in [0.05, 0.1) is 5.52 Å². The van der Waals surface area contributed by atoms with E-state index in [1.54, 1.807) is 0 Å². The molecule has 0 spiro atoms. The molecule has 0 fully saturated rings. The van der Waals surface area contributed by atoms with Crippen molar-refractivity contribution in [1.29, 1.82) is 0 Å². The van der Waals surface area contributed by atoms with Crippen LogP contribution in [0.25, 0.3) is 11.0 Å². The average Bonchev–Trinajstić information content (AvgIpc) is 3.09. The zero-order chi connectivity index (χ0) is 26.1. The molecule has 1 heterocycles. The second-order valence-corrected chi connectivity index (χ2v) is 6.24. The molecule has 1 aromatic heterocycles. The molecule has 0 atom stereocenters. The number of benzene rings is 1. The van der Waals surface area contributed by atoms with Crippen molar-refractivity contribution in [2.45, 2.75) is 41.7 Å². The van der Waals surface area contributed by atoms with Crippen LogP contribution in [0.2, 0.25) is 0 Å². The van der Waals surface area contributed by atoms with Gasteiger partial charge in [-0.05, 0) is 12.1 Å². The third kappa shape index (κ3) is 3.29. The van der Waals surface area contributed by atoms with Crippen molar-refractivity contribution in [2.24, 2.45) is 0 Å². The van der Waals surface area contributed by atoms with Gasteiger partial charge in [-0.1, -0.05) is 17.3 Å². The van der Waals surface area contributed by atoms with Gasteiger partial charge in [-0.3, -0.25) is 4.79 Å².